The van der Waals surface area contributed by atoms with Gasteiger partial charge in [0.1, 0.15) is 0 Å². The fourth-order valence-electron chi connectivity index (χ4n) is 1.54. The van der Waals surface area contributed by atoms with Gasteiger partial charge in [-0.2, -0.15) is 0 Å². The standard InChI is InChI=1S/C8H16N2O/c1-8(4-5-9-6-8)7(11)10(2)3/h9H,4-6H2,1-3H3. The first-order valence-electron chi connectivity index (χ1n) is 3.99. The molecule has 0 spiro atoms. The van der Waals surface area contributed by atoms with Gasteiger partial charge in [0.05, 0.1) is 5.41 Å². The molecule has 3 heteroatoms. The molecule has 0 aromatic rings. The van der Waals surface area contributed by atoms with Crippen LogP contribution in [0.25, 0.3) is 0 Å². The summed E-state index contributed by atoms with van der Waals surface area (Å²) in [5.41, 5.74) is -0.149. The van der Waals surface area contributed by atoms with Gasteiger partial charge in [0.25, 0.3) is 0 Å². The second-order valence-electron chi connectivity index (χ2n) is 3.69. The average Bonchev–Trinajstić information content (AvgIpc) is 2.35. The molecule has 0 radical (unpaired) electrons. The molecule has 1 atom stereocenters. The summed E-state index contributed by atoms with van der Waals surface area (Å²) in [5.74, 6) is 0.238. The minimum Gasteiger partial charge on any atom is -0.348 e. The second-order valence-corrected chi connectivity index (χ2v) is 3.69. The highest BCUT2D eigenvalue weighted by atomic mass is 16.2. The maximum atomic E-state index is 11.6. The van der Waals surface area contributed by atoms with Crippen LogP contribution in [0.15, 0.2) is 0 Å². The van der Waals surface area contributed by atoms with Crippen molar-refractivity contribution in [1.82, 2.24) is 10.2 Å². The van der Waals surface area contributed by atoms with Crippen LogP contribution in [0, 0.1) is 5.41 Å². The molecule has 1 amide bonds. The molecule has 1 heterocycles. The molecule has 1 N–H and O–H groups in total. The number of hydrogen-bond donors (Lipinski definition) is 1. The summed E-state index contributed by atoms with van der Waals surface area (Å²) in [6.07, 6.45) is 0.962. The molecule has 1 saturated heterocycles. The van der Waals surface area contributed by atoms with E-state index in [0.29, 0.717) is 0 Å². The molecule has 1 aliphatic heterocycles. The Kier molecular flexibility index (Phi) is 2.18. The predicted molar refractivity (Wildman–Crippen MR) is 44.3 cm³/mol. The Morgan fingerprint density at radius 1 is 1.55 bits per heavy atom. The van der Waals surface area contributed by atoms with Gasteiger partial charge in [0.2, 0.25) is 5.91 Å². The van der Waals surface area contributed by atoms with Crippen molar-refractivity contribution < 1.29 is 4.79 Å². The Morgan fingerprint density at radius 2 is 2.18 bits per heavy atom. The van der Waals surface area contributed by atoms with Crippen molar-refractivity contribution >= 4 is 5.91 Å². The normalized spacial score (nSPS) is 30.5. The van der Waals surface area contributed by atoms with Crippen LogP contribution in [-0.2, 0) is 4.79 Å². The second kappa shape index (κ2) is 2.81. The minimum absolute atomic E-state index is 0.149. The molecule has 1 fully saturated rings. The number of rotatable bonds is 1. The van der Waals surface area contributed by atoms with E-state index in [1.807, 2.05) is 21.0 Å². The topological polar surface area (TPSA) is 32.3 Å². The smallest absolute Gasteiger partial charge is 0.229 e. The Labute approximate surface area is 67.8 Å². The molecule has 3 nitrogen and oxygen atoms in total. The summed E-state index contributed by atoms with van der Waals surface area (Å²) in [6.45, 7) is 3.81. The van der Waals surface area contributed by atoms with Crippen molar-refractivity contribution in [2.75, 3.05) is 27.2 Å². The number of carbonyl (C=O) groups excluding carboxylic acids is 1. The summed E-state index contributed by atoms with van der Waals surface area (Å²) >= 11 is 0. The molecular formula is C8H16N2O. The van der Waals surface area contributed by atoms with Crippen LogP contribution in [0.4, 0.5) is 0 Å². The third-order valence-electron chi connectivity index (χ3n) is 2.29. The van der Waals surface area contributed by atoms with Crippen molar-refractivity contribution in [3.05, 3.63) is 0 Å². The van der Waals surface area contributed by atoms with Crippen LogP contribution >= 0.6 is 0 Å². The largest absolute Gasteiger partial charge is 0.348 e. The fourth-order valence-corrected chi connectivity index (χ4v) is 1.54. The highest BCUT2D eigenvalue weighted by Gasteiger charge is 2.37. The highest BCUT2D eigenvalue weighted by molar-refractivity contribution is 5.82. The fraction of sp³-hybridized carbons (Fsp3) is 0.875. The molecule has 0 saturated carbocycles. The minimum atomic E-state index is -0.149. The molecule has 1 rings (SSSR count). The molecule has 0 bridgehead atoms. The molecule has 1 unspecified atom stereocenters. The highest BCUT2D eigenvalue weighted by Crippen LogP contribution is 2.25. The van der Waals surface area contributed by atoms with Crippen LogP contribution in [0.5, 0.6) is 0 Å². The van der Waals surface area contributed by atoms with E-state index in [-0.39, 0.29) is 11.3 Å². The van der Waals surface area contributed by atoms with Crippen molar-refractivity contribution in [1.29, 1.82) is 0 Å². The SMILES string of the molecule is CN(C)C(=O)C1(C)CCNC1. The molecule has 0 aliphatic carbocycles. The van der Waals surface area contributed by atoms with Crippen molar-refractivity contribution in [3.63, 3.8) is 0 Å². The number of amides is 1. The van der Waals surface area contributed by atoms with Gasteiger partial charge in [-0.25, -0.2) is 0 Å². The summed E-state index contributed by atoms with van der Waals surface area (Å²) in [7, 11) is 3.62. The molecule has 64 valence electrons. The number of nitrogens with zero attached hydrogens (tertiary/aromatic N) is 1. The van der Waals surface area contributed by atoms with E-state index in [4.69, 9.17) is 0 Å². The maximum Gasteiger partial charge on any atom is 0.229 e. The van der Waals surface area contributed by atoms with E-state index in [1.54, 1.807) is 4.90 Å². The van der Waals surface area contributed by atoms with Gasteiger partial charge in [0, 0.05) is 20.6 Å². The Bertz CT molecular complexity index is 159. The third kappa shape index (κ3) is 1.53. The lowest BCUT2D eigenvalue weighted by atomic mass is 9.88. The lowest BCUT2D eigenvalue weighted by Crippen LogP contribution is -2.39. The van der Waals surface area contributed by atoms with Crippen LogP contribution in [0.2, 0.25) is 0 Å². The van der Waals surface area contributed by atoms with E-state index in [1.165, 1.54) is 0 Å². The van der Waals surface area contributed by atoms with E-state index in [0.717, 1.165) is 19.5 Å². The van der Waals surface area contributed by atoms with E-state index >= 15 is 0 Å². The summed E-state index contributed by atoms with van der Waals surface area (Å²) in [5, 5.41) is 3.20. The maximum absolute atomic E-state index is 11.6. The zero-order valence-corrected chi connectivity index (χ0v) is 7.48. The number of carbonyl (C=O) groups is 1. The average molecular weight is 156 g/mol. The van der Waals surface area contributed by atoms with E-state index in [2.05, 4.69) is 5.32 Å². The van der Waals surface area contributed by atoms with Gasteiger partial charge < -0.3 is 10.2 Å². The Morgan fingerprint density at radius 3 is 2.55 bits per heavy atom. The first kappa shape index (κ1) is 8.53. The zero-order chi connectivity index (χ0) is 8.48. The molecule has 0 aromatic carbocycles. The number of nitrogens with one attached hydrogen (secondary N) is 1. The van der Waals surface area contributed by atoms with E-state index < -0.39 is 0 Å². The van der Waals surface area contributed by atoms with E-state index in [9.17, 15) is 4.79 Å². The quantitative estimate of drug-likeness (QED) is 0.583. The van der Waals surface area contributed by atoms with Crippen LogP contribution in [0.3, 0.4) is 0 Å². The Hall–Kier alpha value is -0.570. The first-order valence-corrected chi connectivity index (χ1v) is 3.99. The van der Waals surface area contributed by atoms with Gasteiger partial charge in [-0.1, -0.05) is 0 Å². The molecule has 0 aromatic heterocycles. The van der Waals surface area contributed by atoms with Crippen LogP contribution in [0.1, 0.15) is 13.3 Å². The van der Waals surface area contributed by atoms with Crippen LogP contribution in [-0.4, -0.2) is 38.0 Å². The summed E-state index contributed by atoms with van der Waals surface area (Å²) < 4.78 is 0. The Balaban J connectivity index is 2.64. The lowest BCUT2D eigenvalue weighted by Gasteiger charge is -2.25. The molecule has 1 aliphatic rings. The molecular weight excluding hydrogens is 140 g/mol. The summed E-state index contributed by atoms with van der Waals surface area (Å²) in [6, 6.07) is 0. The number of hydrogen-bond acceptors (Lipinski definition) is 2. The first-order chi connectivity index (χ1) is 5.06. The van der Waals surface area contributed by atoms with Gasteiger partial charge in [-0.05, 0) is 19.9 Å². The van der Waals surface area contributed by atoms with Crippen molar-refractivity contribution in [2.45, 2.75) is 13.3 Å². The predicted octanol–water partition coefficient (Wildman–Crippen LogP) is 0.0742. The lowest BCUT2D eigenvalue weighted by molar-refractivity contribution is -0.137. The van der Waals surface area contributed by atoms with Crippen molar-refractivity contribution in [3.8, 4) is 0 Å². The van der Waals surface area contributed by atoms with Gasteiger partial charge in [-0.15, -0.1) is 0 Å². The van der Waals surface area contributed by atoms with Crippen LogP contribution < -0.4 is 5.32 Å². The van der Waals surface area contributed by atoms with Gasteiger partial charge >= 0.3 is 0 Å². The van der Waals surface area contributed by atoms with Gasteiger partial charge in [-0.3, -0.25) is 4.79 Å². The van der Waals surface area contributed by atoms with Crippen molar-refractivity contribution in [2.24, 2.45) is 5.41 Å². The monoisotopic (exact) mass is 156 g/mol. The molecule has 11 heavy (non-hydrogen) atoms. The summed E-state index contributed by atoms with van der Waals surface area (Å²) in [4.78, 5) is 13.2. The van der Waals surface area contributed by atoms with Gasteiger partial charge in [0.15, 0.2) is 0 Å². The third-order valence-corrected chi connectivity index (χ3v) is 2.29. The zero-order valence-electron chi connectivity index (χ0n) is 7.48.